The van der Waals surface area contributed by atoms with Crippen LogP contribution < -0.4 is 5.14 Å². The number of benzene rings is 1. The summed E-state index contributed by atoms with van der Waals surface area (Å²) >= 11 is 0. The Bertz CT molecular complexity index is 815. The summed E-state index contributed by atoms with van der Waals surface area (Å²) in [7, 11) is -3.53. The summed E-state index contributed by atoms with van der Waals surface area (Å²) in [6.45, 7) is 0.901. The van der Waals surface area contributed by atoms with Gasteiger partial charge in [0.15, 0.2) is 5.78 Å². The number of allylic oxidation sites excluding steroid dienone is 1. The van der Waals surface area contributed by atoms with Crippen molar-refractivity contribution in [3.8, 4) is 0 Å². The van der Waals surface area contributed by atoms with Gasteiger partial charge in [-0.25, -0.2) is 13.6 Å². The Kier molecular flexibility index (Phi) is 5.06. The Labute approximate surface area is 147 Å². The first-order valence-corrected chi connectivity index (χ1v) is 10.1. The van der Waals surface area contributed by atoms with Gasteiger partial charge in [0.25, 0.3) is 0 Å². The number of amides is 1. The van der Waals surface area contributed by atoms with Crippen molar-refractivity contribution in [2.24, 2.45) is 11.1 Å². The van der Waals surface area contributed by atoms with E-state index in [9.17, 15) is 18.0 Å². The zero-order valence-corrected chi connectivity index (χ0v) is 14.8. The molecule has 0 spiro atoms. The van der Waals surface area contributed by atoms with Crippen LogP contribution in [0.5, 0.6) is 0 Å². The third-order valence-corrected chi connectivity index (χ3v) is 5.80. The van der Waals surface area contributed by atoms with E-state index in [1.54, 1.807) is 4.90 Å². The lowest BCUT2D eigenvalue weighted by atomic mass is 10.00. The number of nitrogens with zero attached hydrogens (tertiary/aromatic N) is 1. The van der Waals surface area contributed by atoms with Crippen LogP contribution in [0.15, 0.2) is 35.9 Å². The van der Waals surface area contributed by atoms with Gasteiger partial charge in [-0.05, 0) is 29.9 Å². The average molecular weight is 362 g/mol. The highest BCUT2D eigenvalue weighted by molar-refractivity contribution is 7.89. The molecule has 1 aliphatic heterocycles. The lowest BCUT2D eigenvalue weighted by molar-refractivity contribution is -0.130. The van der Waals surface area contributed by atoms with Gasteiger partial charge < -0.3 is 4.90 Å². The summed E-state index contributed by atoms with van der Waals surface area (Å²) in [5, 5.41) is 5.09. The van der Waals surface area contributed by atoms with Gasteiger partial charge in [0.05, 0.1) is 12.2 Å². The van der Waals surface area contributed by atoms with Crippen LogP contribution in [0.25, 0.3) is 5.57 Å². The molecule has 134 valence electrons. The zero-order valence-electron chi connectivity index (χ0n) is 14.0. The monoisotopic (exact) mass is 362 g/mol. The van der Waals surface area contributed by atoms with Crippen molar-refractivity contribution >= 4 is 27.3 Å². The van der Waals surface area contributed by atoms with Crippen LogP contribution in [-0.2, 0) is 19.6 Å². The van der Waals surface area contributed by atoms with Crippen LogP contribution in [0.4, 0.5) is 0 Å². The SMILES string of the molecule is NS(=O)(=O)C[C@@H]1CCN(C(=O)CC2=C(c3ccccc3)CCC2=O)C1. The minimum absolute atomic E-state index is 0.0347. The van der Waals surface area contributed by atoms with Gasteiger partial charge in [0, 0.05) is 25.1 Å². The second-order valence-corrected chi connectivity index (χ2v) is 8.41. The molecule has 0 aromatic heterocycles. The molecule has 0 bridgehead atoms. The number of sulfonamides is 1. The van der Waals surface area contributed by atoms with E-state index >= 15 is 0 Å². The predicted molar refractivity (Wildman–Crippen MR) is 94.9 cm³/mol. The summed E-state index contributed by atoms with van der Waals surface area (Å²) in [6.07, 6.45) is 1.83. The molecule has 25 heavy (non-hydrogen) atoms. The number of hydrogen-bond acceptors (Lipinski definition) is 4. The lowest BCUT2D eigenvalue weighted by Crippen LogP contribution is -2.31. The van der Waals surface area contributed by atoms with E-state index in [0.29, 0.717) is 37.9 Å². The fourth-order valence-corrected chi connectivity index (χ4v) is 4.59. The molecule has 0 radical (unpaired) electrons. The third-order valence-electron chi connectivity index (χ3n) is 4.86. The van der Waals surface area contributed by atoms with Crippen molar-refractivity contribution in [1.29, 1.82) is 0 Å². The van der Waals surface area contributed by atoms with Crippen molar-refractivity contribution in [3.63, 3.8) is 0 Å². The number of primary sulfonamides is 1. The molecule has 1 fully saturated rings. The minimum atomic E-state index is -3.53. The van der Waals surface area contributed by atoms with Gasteiger partial charge in [0.2, 0.25) is 15.9 Å². The maximum Gasteiger partial charge on any atom is 0.227 e. The standard InChI is InChI=1S/C18H22N2O4S/c19-25(23,24)12-13-8-9-20(11-13)18(22)10-16-15(6-7-17(16)21)14-4-2-1-3-5-14/h1-5,13H,6-12H2,(H2,19,23,24)/t13-/m1/s1. The molecule has 7 heteroatoms. The molecule has 2 aliphatic rings. The number of hydrogen-bond donors (Lipinski definition) is 1. The molecule has 3 rings (SSSR count). The number of carbonyl (C=O) groups is 2. The number of carbonyl (C=O) groups excluding carboxylic acids is 2. The van der Waals surface area contributed by atoms with Crippen LogP contribution in [0.3, 0.4) is 0 Å². The van der Waals surface area contributed by atoms with E-state index in [0.717, 1.165) is 11.1 Å². The van der Waals surface area contributed by atoms with Gasteiger partial charge in [-0.15, -0.1) is 0 Å². The van der Waals surface area contributed by atoms with Crippen molar-refractivity contribution in [2.75, 3.05) is 18.8 Å². The van der Waals surface area contributed by atoms with E-state index in [1.807, 2.05) is 30.3 Å². The highest BCUT2D eigenvalue weighted by Gasteiger charge is 2.32. The number of nitrogens with two attached hydrogens (primary N) is 1. The summed E-state index contributed by atoms with van der Waals surface area (Å²) in [4.78, 5) is 26.5. The van der Waals surface area contributed by atoms with Crippen LogP contribution in [0.1, 0.15) is 31.2 Å². The number of likely N-dealkylation sites (tertiary alicyclic amines) is 1. The Balaban J connectivity index is 1.71. The highest BCUT2D eigenvalue weighted by Crippen LogP contribution is 2.34. The summed E-state index contributed by atoms with van der Waals surface area (Å²) in [5.41, 5.74) is 2.55. The van der Waals surface area contributed by atoms with Crippen molar-refractivity contribution in [3.05, 3.63) is 41.5 Å². The number of ketones is 1. The molecule has 1 heterocycles. The normalized spacial score (nSPS) is 21.2. The number of Topliss-reactive ketones (excluding diaryl/α,β-unsaturated/α-hetero) is 1. The van der Waals surface area contributed by atoms with E-state index in [-0.39, 0.29) is 29.8 Å². The molecular weight excluding hydrogens is 340 g/mol. The maximum atomic E-state index is 12.6. The Hall–Kier alpha value is -1.99. The maximum absolute atomic E-state index is 12.6. The van der Waals surface area contributed by atoms with Crippen molar-refractivity contribution in [1.82, 2.24) is 4.90 Å². The second-order valence-electron chi connectivity index (χ2n) is 6.75. The van der Waals surface area contributed by atoms with Crippen molar-refractivity contribution < 1.29 is 18.0 Å². The van der Waals surface area contributed by atoms with E-state index in [4.69, 9.17) is 5.14 Å². The Morgan fingerprint density at radius 2 is 1.92 bits per heavy atom. The molecule has 1 aliphatic carbocycles. The Morgan fingerprint density at radius 1 is 1.20 bits per heavy atom. The second kappa shape index (κ2) is 7.09. The van der Waals surface area contributed by atoms with Gasteiger partial charge >= 0.3 is 0 Å². The Morgan fingerprint density at radius 3 is 2.60 bits per heavy atom. The molecular formula is C18H22N2O4S. The lowest BCUT2D eigenvalue weighted by Gasteiger charge is -2.17. The fraction of sp³-hybridized carbons (Fsp3) is 0.444. The molecule has 1 atom stereocenters. The first kappa shape index (κ1) is 17.8. The smallest absolute Gasteiger partial charge is 0.227 e. The summed E-state index contributed by atoms with van der Waals surface area (Å²) in [6, 6.07) is 9.67. The van der Waals surface area contributed by atoms with Crippen LogP contribution in [0.2, 0.25) is 0 Å². The number of rotatable bonds is 5. The molecule has 1 saturated heterocycles. The predicted octanol–water partition coefficient (Wildman–Crippen LogP) is 1.33. The van der Waals surface area contributed by atoms with E-state index < -0.39 is 10.0 Å². The quantitative estimate of drug-likeness (QED) is 0.854. The molecule has 1 aromatic rings. The fourth-order valence-electron chi connectivity index (χ4n) is 3.66. The van der Waals surface area contributed by atoms with Gasteiger partial charge in [-0.1, -0.05) is 30.3 Å². The highest BCUT2D eigenvalue weighted by atomic mass is 32.2. The topological polar surface area (TPSA) is 97.5 Å². The molecule has 0 unspecified atom stereocenters. The molecule has 1 amide bonds. The minimum Gasteiger partial charge on any atom is -0.342 e. The summed E-state index contributed by atoms with van der Waals surface area (Å²) in [5.74, 6) is -0.308. The zero-order chi connectivity index (χ0) is 18.0. The van der Waals surface area contributed by atoms with Gasteiger partial charge in [0.1, 0.15) is 0 Å². The largest absolute Gasteiger partial charge is 0.342 e. The van der Waals surface area contributed by atoms with E-state index in [1.165, 1.54) is 0 Å². The molecule has 0 saturated carbocycles. The van der Waals surface area contributed by atoms with E-state index in [2.05, 4.69) is 0 Å². The van der Waals surface area contributed by atoms with Crippen LogP contribution in [0, 0.1) is 5.92 Å². The van der Waals surface area contributed by atoms with Crippen LogP contribution >= 0.6 is 0 Å². The van der Waals surface area contributed by atoms with Gasteiger partial charge in [-0.3, -0.25) is 9.59 Å². The van der Waals surface area contributed by atoms with Crippen molar-refractivity contribution in [2.45, 2.75) is 25.7 Å². The first-order valence-electron chi connectivity index (χ1n) is 8.42. The third kappa shape index (κ3) is 4.35. The first-order chi connectivity index (χ1) is 11.8. The van der Waals surface area contributed by atoms with Gasteiger partial charge in [-0.2, -0.15) is 0 Å². The molecule has 1 aromatic carbocycles. The van der Waals surface area contributed by atoms with Crippen LogP contribution in [-0.4, -0.2) is 43.9 Å². The average Bonchev–Trinajstić information content (AvgIpc) is 3.14. The molecule has 2 N–H and O–H groups in total. The summed E-state index contributed by atoms with van der Waals surface area (Å²) < 4.78 is 22.4. The molecule has 6 nitrogen and oxygen atoms in total.